The highest BCUT2D eigenvalue weighted by Crippen LogP contribution is 2.22. The van der Waals surface area contributed by atoms with E-state index in [4.69, 9.17) is 36.7 Å². The Morgan fingerprint density at radius 3 is 1.67 bits per heavy atom. The quantitative estimate of drug-likeness (QED) is 0.512. The molecule has 4 rings (SSSR count). The smallest absolute Gasteiger partial charge is 0.402 e. The van der Waals surface area contributed by atoms with E-state index in [1.807, 2.05) is 19.0 Å². The van der Waals surface area contributed by atoms with E-state index in [9.17, 15) is 0 Å². The van der Waals surface area contributed by atoms with Crippen LogP contribution in [0.3, 0.4) is 0 Å². The van der Waals surface area contributed by atoms with Crippen molar-refractivity contribution in [1.82, 2.24) is 4.90 Å². The van der Waals surface area contributed by atoms with Crippen molar-refractivity contribution >= 4 is 36.6 Å². The molecule has 0 atom stereocenters. The highest BCUT2D eigenvalue weighted by atomic mass is 17.0. The fourth-order valence-corrected chi connectivity index (χ4v) is 1.41. The summed E-state index contributed by atoms with van der Waals surface area (Å²) < 4.78 is 41.3. The van der Waals surface area contributed by atoms with Gasteiger partial charge in [-0.2, -0.15) is 0 Å². The van der Waals surface area contributed by atoms with Gasteiger partial charge in [0, 0.05) is 13.2 Å². The summed E-state index contributed by atoms with van der Waals surface area (Å²) in [6.45, 7) is 1.18. The van der Waals surface area contributed by atoms with Gasteiger partial charge in [0.2, 0.25) is 0 Å². The zero-order valence-electron chi connectivity index (χ0n) is 10.0. The summed E-state index contributed by atoms with van der Waals surface area (Å²) in [5.74, 6) is 0. The Kier molecular flexibility index (Phi) is 3.98. The summed E-state index contributed by atoms with van der Waals surface area (Å²) in [6.07, 6.45) is 0. The fraction of sp³-hybridized carbons (Fsp3) is 1.00. The predicted octanol–water partition coefficient (Wildman–Crippen LogP) is -2.35. The lowest BCUT2D eigenvalue weighted by molar-refractivity contribution is 0.0445. The van der Waals surface area contributed by atoms with Crippen LogP contribution in [0.25, 0.3) is 0 Å². The molecule has 9 nitrogen and oxygen atoms in total. The normalized spacial score (nSPS) is 23.2. The maximum atomic E-state index is 5.37. The van der Waals surface area contributed by atoms with Gasteiger partial charge >= 0.3 is 36.6 Å². The van der Waals surface area contributed by atoms with Gasteiger partial charge in [0.05, 0.1) is 0 Å². The van der Waals surface area contributed by atoms with Crippen LogP contribution >= 0.6 is 0 Å². The van der Waals surface area contributed by atoms with E-state index in [0.717, 1.165) is 6.54 Å². The lowest BCUT2D eigenvalue weighted by atomic mass is 9.86. The van der Waals surface area contributed by atoms with Gasteiger partial charge in [-0.3, -0.25) is 0 Å². The number of hydrogen-bond donors (Lipinski definition) is 0. The zero-order valence-corrected chi connectivity index (χ0v) is 10.0. The monoisotopic (exact) mass is 255 g/mol. The van der Waals surface area contributed by atoms with Crippen molar-refractivity contribution in [2.75, 3.05) is 27.2 Å². The first kappa shape index (κ1) is 13.0. The Labute approximate surface area is 106 Å². The Bertz CT molecular complexity index is 271. The van der Waals surface area contributed by atoms with E-state index in [2.05, 4.69) is 0 Å². The minimum absolute atomic E-state index is 0.441. The molecule has 18 heavy (non-hydrogen) atoms. The van der Waals surface area contributed by atoms with Crippen molar-refractivity contribution < 1.29 is 36.7 Å². The first-order valence-electron chi connectivity index (χ1n) is 5.53. The molecular formula is C4H10B5NO8. The van der Waals surface area contributed by atoms with Crippen molar-refractivity contribution in [1.29, 1.82) is 0 Å². The van der Waals surface area contributed by atoms with E-state index < -0.39 is 36.6 Å². The van der Waals surface area contributed by atoms with Crippen LogP contribution in [0.2, 0.25) is 0 Å². The van der Waals surface area contributed by atoms with Gasteiger partial charge in [0.1, 0.15) is 0 Å². The number of nitrogens with zero attached hydrogens (tertiary/aromatic N) is 1. The van der Waals surface area contributed by atoms with Crippen LogP contribution in [0.1, 0.15) is 0 Å². The van der Waals surface area contributed by atoms with Gasteiger partial charge < -0.3 is 41.6 Å². The number of hydrogen-bond acceptors (Lipinski definition) is 9. The summed E-state index contributed by atoms with van der Waals surface area (Å²) in [7, 11) is -0.756. The topological polar surface area (TPSA) is 77.1 Å². The molecule has 4 aliphatic rings. The van der Waals surface area contributed by atoms with Crippen LogP contribution in [0.4, 0.5) is 0 Å². The standard InChI is InChI=1S/C4H10B5NO8/c1-10(2)3-4-11-5-12-6-14-7(13-5)16-9-17-8(15-6)18-9/h3-4H2,1-2H3. The third kappa shape index (κ3) is 3.10. The van der Waals surface area contributed by atoms with Gasteiger partial charge in [-0.15, -0.1) is 0 Å². The molecule has 0 unspecified atom stereocenters. The van der Waals surface area contributed by atoms with Crippen LogP contribution in [-0.4, -0.2) is 68.8 Å². The first-order chi connectivity index (χ1) is 8.69. The van der Waals surface area contributed by atoms with Gasteiger partial charge in [-0.05, 0) is 14.1 Å². The van der Waals surface area contributed by atoms with Crippen molar-refractivity contribution in [2.24, 2.45) is 0 Å². The molecule has 0 spiro atoms. The zero-order chi connectivity index (χ0) is 12.5. The maximum absolute atomic E-state index is 5.37. The summed E-state index contributed by atoms with van der Waals surface area (Å²) in [5, 5.41) is 0. The molecule has 0 saturated carbocycles. The molecule has 0 aromatic carbocycles. The van der Waals surface area contributed by atoms with Crippen molar-refractivity contribution in [3.05, 3.63) is 0 Å². The summed E-state index contributed by atoms with van der Waals surface area (Å²) in [4.78, 5) is 1.97. The van der Waals surface area contributed by atoms with E-state index in [-0.39, 0.29) is 0 Å². The van der Waals surface area contributed by atoms with Gasteiger partial charge in [0.15, 0.2) is 0 Å². The minimum Gasteiger partial charge on any atom is -0.402 e. The predicted molar refractivity (Wildman–Crippen MR) is 60.9 cm³/mol. The molecule has 0 aromatic rings. The first-order valence-corrected chi connectivity index (χ1v) is 5.53. The molecule has 4 fully saturated rings. The minimum atomic E-state index is -1.01. The summed E-state index contributed by atoms with van der Waals surface area (Å²) in [5.41, 5.74) is 0. The highest BCUT2D eigenvalue weighted by molar-refractivity contribution is 6.79. The van der Waals surface area contributed by atoms with Gasteiger partial charge in [-0.1, -0.05) is 0 Å². The van der Waals surface area contributed by atoms with Crippen LogP contribution in [0.5, 0.6) is 0 Å². The molecule has 4 aliphatic heterocycles. The van der Waals surface area contributed by atoms with Crippen molar-refractivity contribution in [2.45, 2.75) is 0 Å². The highest BCUT2D eigenvalue weighted by Gasteiger charge is 2.59. The molecule has 94 valence electrons. The lowest BCUT2D eigenvalue weighted by Crippen LogP contribution is -2.65. The third-order valence-corrected chi connectivity index (χ3v) is 2.35. The second-order valence-electron chi connectivity index (χ2n) is 4.07. The molecular weight excluding hydrogens is 244 g/mol. The van der Waals surface area contributed by atoms with Gasteiger partial charge in [0.25, 0.3) is 0 Å². The Balaban J connectivity index is 1.49. The van der Waals surface area contributed by atoms with Crippen LogP contribution < -0.4 is 0 Å². The van der Waals surface area contributed by atoms with Crippen LogP contribution in [0.15, 0.2) is 0 Å². The third-order valence-electron chi connectivity index (χ3n) is 2.35. The van der Waals surface area contributed by atoms with E-state index in [0.29, 0.717) is 6.61 Å². The Morgan fingerprint density at radius 1 is 0.778 bits per heavy atom. The largest absolute Gasteiger partial charge is 0.615 e. The fourth-order valence-electron chi connectivity index (χ4n) is 1.41. The van der Waals surface area contributed by atoms with Crippen LogP contribution in [-0.2, 0) is 36.7 Å². The molecule has 0 N–H and O–H groups in total. The number of rotatable bonds is 4. The Morgan fingerprint density at radius 2 is 1.22 bits per heavy atom. The molecule has 4 heterocycles. The maximum Gasteiger partial charge on any atom is 0.615 e. The van der Waals surface area contributed by atoms with Gasteiger partial charge in [-0.25, -0.2) is 0 Å². The molecule has 4 saturated heterocycles. The van der Waals surface area contributed by atoms with E-state index in [1.165, 1.54) is 0 Å². The molecule has 14 heteroatoms. The average molecular weight is 254 g/mol. The SMILES string of the molecule is CN(C)CCOB1OB2OB(O1)OB1OB(O2)O1. The number of likely N-dealkylation sites (N-methyl/N-ethyl adjacent to an activating group) is 1. The molecule has 0 aliphatic carbocycles. The molecule has 4 bridgehead atoms. The van der Waals surface area contributed by atoms with Crippen molar-refractivity contribution in [3.63, 3.8) is 0 Å². The lowest BCUT2D eigenvalue weighted by Gasteiger charge is -2.38. The van der Waals surface area contributed by atoms with E-state index in [1.54, 1.807) is 0 Å². The molecule has 0 amide bonds. The van der Waals surface area contributed by atoms with Crippen molar-refractivity contribution in [3.8, 4) is 0 Å². The summed E-state index contributed by atoms with van der Waals surface area (Å²) >= 11 is 0. The molecule has 0 radical (unpaired) electrons. The van der Waals surface area contributed by atoms with E-state index >= 15 is 0 Å². The second kappa shape index (κ2) is 5.53. The Hall–Kier alpha value is -0.0353. The average Bonchev–Trinajstić information content (AvgIpc) is 2.23. The second-order valence-corrected chi connectivity index (χ2v) is 4.07. The van der Waals surface area contributed by atoms with Crippen LogP contribution in [0, 0.1) is 0 Å². The molecule has 0 aromatic heterocycles. The summed E-state index contributed by atoms with van der Waals surface area (Å²) in [6, 6.07) is 0.